The summed E-state index contributed by atoms with van der Waals surface area (Å²) in [6, 6.07) is -0.573. The summed E-state index contributed by atoms with van der Waals surface area (Å²) in [5, 5.41) is 5.62. The topological polar surface area (TPSA) is 245 Å². The molecule has 0 saturated heterocycles. The van der Waals surface area contributed by atoms with Crippen LogP contribution in [0.5, 0.6) is 0 Å². The number of rotatable bonds is 38. The Labute approximate surface area is 436 Å². The smallest absolute Gasteiger partial charge is 0.407 e. The molecule has 0 aromatic rings. The monoisotopic (exact) mass is 1080 g/mol. The summed E-state index contributed by atoms with van der Waals surface area (Å²) < 4.78 is 117. The van der Waals surface area contributed by atoms with Crippen molar-refractivity contribution in [3.63, 3.8) is 0 Å². The number of alkyl halides is 4. The molecule has 0 heterocycles. The van der Waals surface area contributed by atoms with E-state index < -0.39 is 154 Å². The zero-order valence-electron chi connectivity index (χ0n) is 43.9. The van der Waals surface area contributed by atoms with Gasteiger partial charge in [0.05, 0.1) is 43.4 Å². The van der Waals surface area contributed by atoms with Crippen LogP contribution in [0.2, 0.25) is 0 Å². The zero-order valence-corrected chi connectivity index (χ0v) is 43.9. The van der Waals surface area contributed by atoms with E-state index in [1.165, 1.54) is 14.0 Å². The SMILES string of the molecule is C=CC(=O)OCC(COCC(COC(=O)C=C)(COC(=O)C=C)COC(=O)NC1(C)CC(NC(=O)OC(C)COCCCC(F)(F)C(F)(F)CCCOCC(C)OC)CC(C)(C)C1)(COC(=O)C=C)COC(=O)C=C. The van der Waals surface area contributed by atoms with E-state index in [1.807, 2.05) is 13.8 Å². The van der Waals surface area contributed by atoms with Gasteiger partial charge in [0.25, 0.3) is 0 Å². The summed E-state index contributed by atoms with van der Waals surface area (Å²) in [7, 11) is 1.46. The fourth-order valence-electron chi connectivity index (χ4n) is 7.72. The van der Waals surface area contributed by atoms with Crippen molar-refractivity contribution in [3.8, 4) is 0 Å². The maximum absolute atomic E-state index is 14.4. The van der Waals surface area contributed by atoms with Crippen LogP contribution in [-0.4, -0.2) is 164 Å². The molecule has 0 aliphatic heterocycles. The number of alkyl carbamates (subject to hydrolysis) is 2. The van der Waals surface area contributed by atoms with Gasteiger partial charge >= 0.3 is 53.9 Å². The molecule has 0 spiro atoms. The fraction of sp³-hybridized carbons (Fsp3) is 0.667. The molecular formula is C51H76F4N2O18. The second-order valence-electron chi connectivity index (χ2n) is 19.4. The molecule has 0 aromatic heterocycles. The second kappa shape index (κ2) is 32.6. The number of amides is 2. The highest BCUT2D eigenvalue weighted by Gasteiger charge is 2.54. The van der Waals surface area contributed by atoms with Crippen LogP contribution in [0.4, 0.5) is 27.2 Å². The van der Waals surface area contributed by atoms with Gasteiger partial charge in [-0.05, 0) is 58.3 Å². The third-order valence-corrected chi connectivity index (χ3v) is 11.4. The van der Waals surface area contributed by atoms with E-state index >= 15 is 0 Å². The second-order valence-corrected chi connectivity index (χ2v) is 19.4. The summed E-state index contributed by atoms with van der Waals surface area (Å²) in [4.78, 5) is 88.1. The lowest BCUT2D eigenvalue weighted by Crippen LogP contribution is -2.58. The quantitative estimate of drug-likeness (QED) is 0.0215. The van der Waals surface area contributed by atoms with E-state index in [1.54, 1.807) is 13.8 Å². The summed E-state index contributed by atoms with van der Waals surface area (Å²) in [5.74, 6) is -13.1. The third kappa shape index (κ3) is 26.5. The zero-order chi connectivity index (χ0) is 56.9. The Hall–Kier alpha value is -5.85. The molecule has 2 N–H and O–H groups in total. The molecule has 1 saturated carbocycles. The average molecular weight is 1080 g/mol. The van der Waals surface area contributed by atoms with Gasteiger partial charge in [0.1, 0.15) is 45.7 Å². The molecule has 1 fully saturated rings. The van der Waals surface area contributed by atoms with Crippen molar-refractivity contribution in [2.24, 2.45) is 16.2 Å². The Morgan fingerprint density at radius 1 is 0.560 bits per heavy atom. The van der Waals surface area contributed by atoms with Crippen molar-refractivity contribution >= 4 is 42.0 Å². The number of methoxy groups -OCH3 is 1. The van der Waals surface area contributed by atoms with Crippen LogP contribution in [0.15, 0.2) is 63.3 Å². The molecule has 426 valence electrons. The van der Waals surface area contributed by atoms with Gasteiger partial charge in [-0.3, -0.25) is 0 Å². The molecule has 1 aliphatic rings. The highest BCUT2D eigenvalue weighted by atomic mass is 19.3. The van der Waals surface area contributed by atoms with Crippen LogP contribution in [-0.2, 0) is 76.1 Å². The first-order valence-corrected chi connectivity index (χ1v) is 24.0. The largest absolute Gasteiger partial charge is 0.462 e. The molecule has 1 aliphatic carbocycles. The minimum atomic E-state index is -4.28. The number of carbonyl (C=O) groups is 7. The number of ether oxygens (including phenoxy) is 11. The molecule has 1 rings (SSSR count). The first-order valence-electron chi connectivity index (χ1n) is 24.0. The summed E-state index contributed by atoms with van der Waals surface area (Å²) in [6.07, 6.45) is -0.563. The van der Waals surface area contributed by atoms with E-state index in [-0.39, 0.29) is 51.8 Å². The van der Waals surface area contributed by atoms with Gasteiger partial charge in [0.15, 0.2) is 0 Å². The van der Waals surface area contributed by atoms with E-state index in [9.17, 15) is 51.1 Å². The van der Waals surface area contributed by atoms with Crippen molar-refractivity contribution in [1.29, 1.82) is 0 Å². The lowest BCUT2D eigenvalue weighted by atomic mass is 9.67. The van der Waals surface area contributed by atoms with Crippen molar-refractivity contribution in [3.05, 3.63) is 63.3 Å². The maximum Gasteiger partial charge on any atom is 0.407 e. The van der Waals surface area contributed by atoms with E-state index in [4.69, 9.17) is 52.1 Å². The normalized spacial score (nSPS) is 17.3. The van der Waals surface area contributed by atoms with Crippen LogP contribution in [0.3, 0.4) is 0 Å². The van der Waals surface area contributed by atoms with Crippen molar-refractivity contribution in [1.82, 2.24) is 10.6 Å². The van der Waals surface area contributed by atoms with Gasteiger partial charge in [0.2, 0.25) is 0 Å². The lowest BCUT2D eigenvalue weighted by Gasteiger charge is -2.46. The Kier molecular flexibility index (Phi) is 29.2. The molecular weight excluding hydrogens is 1000 g/mol. The van der Waals surface area contributed by atoms with Gasteiger partial charge in [-0.15, -0.1) is 0 Å². The Morgan fingerprint density at radius 3 is 1.31 bits per heavy atom. The number of carbonyl (C=O) groups excluding carboxylic acids is 7. The average Bonchev–Trinajstić information content (AvgIpc) is 3.34. The van der Waals surface area contributed by atoms with Gasteiger partial charge in [-0.1, -0.05) is 46.7 Å². The van der Waals surface area contributed by atoms with Gasteiger partial charge in [-0.25, -0.2) is 33.6 Å². The number of nitrogens with one attached hydrogen (secondary N) is 2. The van der Waals surface area contributed by atoms with Crippen LogP contribution in [0.1, 0.15) is 79.6 Å². The molecule has 20 nitrogen and oxygen atoms in total. The standard InChI is InChI=1S/C51H76F4N2O18/c1-12-39(58)69-30-48(31-70-40(59)13-2,32-71-41(60)14-3)28-68-29-49(33-72-42(61)15-4,34-73-43(62)16-5)35-74-45(64)57-47(10)24-38(23-46(8,9)27-47)56-44(63)75-37(7)26-67-22-18-20-51(54,55)50(52,53)19-17-21-66-25-36(6)65-11/h12-16,36-38H,1-5,17-35H2,6-11H3,(H,56,63)(H,57,64). The number of halogens is 4. The number of hydrogen-bond donors (Lipinski definition) is 2. The Bertz CT molecular complexity index is 1850. The number of hydrogen-bond acceptors (Lipinski definition) is 18. The van der Waals surface area contributed by atoms with Crippen LogP contribution in [0, 0.1) is 16.2 Å². The highest BCUT2D eigenvalue weighted by Crippen LogP contribution is 2.42. The lowest BCUT2D eigenvalue weighted by molar-refractivity contribution is -0.218. The molecule has 2 amide bonds. The Balaban J connectivity index is 3.13. The number of esters is 5. The highest BCUT2D eigenvalue weighted by molar-refractivity contribution is 5.83. The van der Waals surface area contributed by atoms with E-state index in [2.05, 4.69) is 43.5 Å². The van der Waals surface area contributed by atoms with Crippen molar-refractivity contribution < 1.29 is 103 Å². The predicted octanol–water partition coefficient (Wildman–Crippen LogP) is 6.70. The van der Waals surface area contributed by atoms with Crippen molar-refractivity contribution in [2.45, 2.75) is 115 Å². The third-order valence-electron chi connectivity index (χ3n) is 11.4. The van der Waals surface area contributed by atoms with E-state index in [0.29, 0.717) is 12.8 Å². The summed E-state index contributed by atoms with van der Waals surface area (Å²) >= 11 is 0. The van der Waals surface area contributed by atoms with Crippen LogP contribution in [0.25, 0.3) is 0 Å². The molecule has 24 heteroatoms. The predicted molar refractivity (Wildman–Crippen MR) is 261 cm³/mol. The summed E-state index contributed by atoms with van der Waals surface area (Å²) in [5.41, 5.74) is -4.86. The fourth-order valence-corrected chi connectivity index (χ4v) is 7.72. The molecule has 0 aromatic carbocycles. The van der Waals surface area contributed by atoms with Gasteiger partial charge < -0.3 is 62.7 Å². The van der Waals surface area contributed by atoms with Crippen LogP contribution >= 0.6 is 0 Å². The van der Waals surface area contributed by atoms with Crippen LogP contribution < -0.4 is 10.6 Å². The van der Waals surface area contributed by atoms with Crippen molar-refractivity contribution in [2.75, 3.05) is 86.4 Å². The molecule has 0 radical (unpaired) electrons. The van der Waals surface area contributed by atoms with Gasteiger partial charge in [0, 0.05) is 75.1 Å². The summed E-state index contributed by atoms with van der Waals surface area (Å²) in [6.45, 7) is 20.4. The minimum absolute atomic E-state index is 0.123. The Morgan fingerprint density at radius 2 is 0.933 bits per heavy atom. The first-order chi connectivity index (χ1) is 35.1. The molecule has 75 heavy (non-hydrogen) atoms. The molecule has 4 atom stereocenters. The first kappa shape index (κ1) is 67.2. The molecule has 0 bridgehead atoms. The molecule has 4 unspecified atom stereocenters. The maximum atomic E-state index is 14.4. The minimum Gasteiger partial charge on any atom is -0.462 e. The van der Waals surface area contributed by atoms with Gasteiger partial charge in [-0.2, -0.15) is 17.6 Å². The van der Waals surface area contributed by atoms with E-state index in [0.717, 1.165) is 30.4 Å².